The number of carbonyl (C=O) groups is 1. The van der Waals surface area contributed by atoms with E-state index in [4.69, 9.17) is 4.74 Å². The highest BCUT2D eigenvalue weighted by Gasteiger charge is 2.32. The van der Waals surface area contributed by atoms with Crippen molar-refractivity contribution in [2.24, 2.45) is 0 Å². The average molecular weight is 433 g/mol. The lowest BCUT2D eigenvalue weighted by Crippen LogP contribution is -2.45. The van der Waals surface area contributed by atoms with Crippen LogP contribution in [0, 0.1) is 0 Å². The van der Waals surface area contributed by atoms with Crippen LogP contribution in [-0.4, -0.2) is 44.1 Å². The zero-order chi connectivity index (χ0) is 18.7. The molecule has 0 bridgehead atoms. The van der Waals surface area contributed by atoms with Gasteiger partial charge in [-0.3, -0.25) is 0 Å². The Kier molecular flexibility index (Phi) is 6.51. The van der Waals surface area contributed by atoms with Crippen molar-refractivity contribution >= 4 is 32.0 Å². The first kappa shape index (κ1) is 20.2. The van der Waals surface area contributed by atoms with Crippen molar-refractivity contribution in [2.75, 3.05) is 13.1 Å². The number of nitrogens with one attached hydrogen (secondary N) is 1. The molecule has 0 aromatic heterocycles. The number of rotatable bonds is 5. The number of hydrogen-bond acceptors (Lipinski definition) is 4. The molecule has 0 saturated carbocycles. The standard InChI is InChI=1S/C17H25BrN2O4S/c1-17(2,3)24-16(21)20-10-4-5-14(20)12-19-25(22,23)15-8-6-13(11-18)7-9-15/h6-9,14,19H,4-5,10-12H2,1-3H3/t14-/m1/s1. The lowest BCUT2D eigenvalue weighted by Gasteiger charge is -2.28. The van der Waals surface area contributed by atoms with Gasteiger partial charge < -0.3 is 9.64 Å². The third-order valence-electron chi connectivity index (χ3n) is 3.90. The molecule has 1 aromatic carbocycles. The fourth-order valence-corrected chi connectivity index (χ4v) is 4.10. The normalized spacial score (nSPS) is 18.4. The third kappa shape index (κ3) is 5.69. The minimum absolute atomic E-state index is 0.182. The van der Waals surface area contributed by atoms with E-state index in [1.807, 2.05) is 20.8 Å². The Hall–Kier alpha value is -1.12. The van der Waals surface area contributed by atoms with E-state index in [0.29, 0.717) is 11.9 Å². The molecule has 1 fully saturated rings. The summed E-state index contributed by atoms with van der Waals surface area (Å²) in [5.74, 6) is 0. The number of halogens is 1. The van der Waals surface area contributed by atoms with Gasteiger partial charge in [-0.1, -0.05) is 28.1 Å². The highest BCUT2D eigenvalue weighted by molar-refractivity contribution is 9.08. The number of hydrogen-bond donors (Lipinski definition) is 1. The summed E-state index contributed by atoms with van der Waals surface area (Å²) in [6.07, 6.45) is 1.20. The van der Waals surface area contributed by atoms with Crippen molar-refractivity contribution in [3.8, 4) is 0 Å². The number of benzene rings is 1. The molecule has 1 saturated heterocycles. The number of nitrogens with zero attached hydrogens (tertiary/aromatic N) is 1. The van der Waals surface area contributed by atoms with E-state index in [0.717, 1.165) is 18.4 Å². The topological polar surface area (TPSA) is 75.7 Å². The van der Waals surface area contributed by atoms with Gasteiger partial charge in [0, 0.05) is 24.5 Å². The molecule has 0 unspecified atom stereocenters. The zero-order valence-corrected chi connectivity index (χ0v) is 17.2. The van der Waals surface area contributed by atoms with Crippen LogP contribution >= 0.6 is 15.9 Å². The maximum Gasteiger partial charge on any atom is 0.410 e. The molecule has 25 heavy (non-hydrogen) atoms. The van der Waals surface area contributed by atoms with Gasteiger partial charge in [0.2, 0.25) is 10.0 Å². The number of ether oxygens (including phenoxy) is 1. The highest BCUT2D eigenvalue weighted by Crippen LogP contribution is 2.21. The van der Waals surface area contributed by atoms with Crippen LogP contribution in [0.4, 0.5) is 4.79 Å². The van der Waals surface area contributed by atoms with Crippen LogP contribution in [0.1, 0.15) is 39.2 Å². The Balaban J connectivity index is 1.99. The zero-order valence-electron chi connectivity index (χ0n) is 14.8. The van der Waals surface area contributed by atoms with Crippen molar-refractivity contribution in [2.45, 2.75) is 55.5 Å². The van der Waals surface area contributed by atoms with E-state index in [9.17, 15) is 13.2 Å². The largest absolute Gasteiger partial charge is 0.444 e. The van der Waals surface area contributed by atoms with Gasteiger partial charge >= 0.3 is 6.09 Å². The molecule has 0 radical (unpaired) electrons. The molecule has 1 aliphatic rings. The molecule has 8 heteroatoms. The quantitative estimate of drug-likeness (QED) is 0.724. The Morgan fingerprint density at radius 2 is 1.96 bits per heavy atom. The third-order valence-corrected chi connectivity index (χ3v) is 5.99. The van der Waals surface area contributed by atoms with Crippen molar-refractivity contribution in [3.05, 3.63) is 29.8 Å². The number of amides is 1. The van der Waals surface area contributed by atoms with Crippen molar-refractivity contribution < 1.29 is 17.9 Å². The van der Waals surface area contributed by atoms with Gasteiger partial charge in [-0.15, -0.1) is 0 Å². The van der Waals surface area contributed by atoms with E-state index < -0.39 is 21.7 Å². The minimum Gasteiger partial charge on any atom is -0.444 e. The highest BCUT2D eigenvalue weighted by atomic mass is 79.9. The maximum absolute atomic E-state index is 12.4. The Labute approximate surface area is 158 Å². The maximum atomic E-state index is 12.4. The Morgan fingerprint density at radius 1 is 1.32 bits per heavy atom. The first-order chi connectivity index (χ1) is 11.6. The Morgan fingerprint density at radius 3 is 2.52 bits per heavy atom. The molecule has 1 atom stereocenters. The molecule has 0 aliphatic carbocycles. The summed E-state index contributed by atoms with van der Waals surface area (Å²) in [4.78, 5) is 14.1. The minimum atomic E-state index is -3.60. The van der Waals surface area contributed by atoms with Crippen LogP contribution in [-0.2, 0) is 20.1 Å². The van der Waals surface area contributed by atoms with E-state index >= 15 is 0 Å². The summed E-state index contributed by atoms with van der Waals surface area (Å²) in [7, 11) is -3.60. The SMILES string of the molecule is CC(C)(C)OC(=O)N1CCC[C@@H]1CNS(=O)(=O)c1ccc(CBr)cc1. The molecule has 140 valence electrons. The summed E-state index contributed by atoms with van der Waals surface area (Å²) in [6, 6.07) is 6.52. The van der Waals surface area contributed by atoms with Gasteiger partial charge in [0.25, 0.3) is 0 Å². The summed E-state index contributed by atoms with van der Waals surface area (Å²) >= 11 is 3.33. The molecule has 1 heterocycles. The summed E-state index contributed by atoms with van der Waals surface area (Å²) in [6.45, 7) is 6.21. The molecule has 0 spiro atoms. The van der Waals surface area contributed by atoms with Crippen LogP contribution in [0.25, 0.3) is 0 Å². The first-order valence-corrected chi connectivity index (χ1v) is 10.9. The first-order valence-electron chi connectivity index (χ1n) is 8.26. The van der Waals surface area contributed by atoms with Crippen molar-refractivity contribution in [1.29, 1.82) is 0 Å². The molecule has 6 nitrogen and oxygen atoms in total. The monoisotopic (exact) mass is 432 g/mol. The van der Waals surface area contributed by atoms with Gasteiger partial charge in [0.05, 0.1) is 4.90 Å². The average Bonchev–Trinajstić information content (AvgIpc) is 3.00. The lowest BCUT2D eigenvalue weighted by atomic mass is 10.2. The molecule has 2 rings (SSSR count). The lowest BCUT2D eigenvalue weighted by molar-refractivity contribution is 0.0229. The Bertz CT molecular complexity index is 698. The van der Waals surface area contributed by atoms with Crippen molar-refractivity contribution in [3.63, 3.8) is 0 Å². The van der Waals surface area contributed by atoms with Gasteiger partial charge in [0.1, 0.15) is 5.60 Å². The second-order valence-electron chi connectivity index (χ2n) is 7.10. The molecular weight excluding hydrogens is 408 g/mol. The summed E-state index contributed by atoms with van der Waals surface area (Å²) < 4.78 is 32.9. The van der Waals surface area contributed by atoms with E-state index in [-0.39, 0.29) is 17.5 Å². The van der Waals surface area contributed by atoms with Gasteiger partial charge in [0.15, 0.2) is 0 Å². The molecule has 1 aromatic rings. The van der Waals surface area contributed by atoms with Crippen LogP contribution < -0.4 is 4.72 Å². The van der Waals surface area contributed by atoms with Gasteiger partial charge in [-0.2, -0.15) is 0 Å². The van der Waals surface area contributed by atoms with Crippen LogP contribution in [0.3, 0.4) is 0 Å². The van der Waals surface area contributed by atoms with E-state index in [2.05, 4.69) is 20.7 Å². The van der Waals surface area contributed by atoms with E-state index in [1.54, 1.807) is 29.2 Å². The van der Waals surface area contributed by atoms with Crippen molar-refractivity contribution in [1.82, 2.24) is 9.62 Å². The van der Waals surface area contributed by atoms with E-state index in [1.165, 1.54) is 0 Å². The fraction of sp³-hybridized carbons (Fsp3) is 0.588. The van der Waals surface area contributed by atoms with Gasteiger partial charge in [-0.05, 0) is 51.3 Å². The second kappa shape index (κ2) is 8.05. The van der Waals surface area contributed by atoms with Crippen LogP contribution in [0.5, 0.6) is 0 Å². The molecule has 1 N–H and O–H groups in total. The predicted octanol–water partition coefficient (Wildman–Crippen LogP) is 3.26. The van der Waals surface area contributed by atoms with Crippen LogP contribution in [0.15, 0.2) is 29.2 Å². The number of alkyl halides is 1. The molecule has 1 aliphatic heterocycles. The number of carbonyl (C=O) groups excluding carboxylic acids is 1. The van der Waals surface area contributed by atoms with Gasteiger partial charge in [-0.25, -0.2) is 17.9 Å². The van der Waals surface area contributed by atoms with Crippen LogP contribution in [0.2, 0.25) is 0 Å². The number of likely N-dealkylation sites (tertiary alicyclic amines) is 1. The summed E-state index contributed by atoms with van der Waals surface area (Å²) in [5.41, 5.74) is 0.437. The predicted molar refractivity (Wildman–Crippen MR) is 100 cm³/mol. The smallest absolute Gasteiger partial charge is 0.410 e. The molecular formula is C17H25BrN2O4S. The second-order valence-corrected chi connectivity index (χ2v) is 9.43. The molecule has 1 amide bonds. The summed E-state index contributed by atoms with van der Waals surface area (Å²) in [5, 5.41) is 0.674. The fourth-order valence-electron chi connectivity index (χ4n) is 2.66. The number of sulfonamides is 1.